The van der Waals surface area contributed by atoms with Gasteiger partial charge in [0.2, 0.25) is 0 Å². The van der Waals surface area contributed by atoms with Gasteiger partial charge >= 0.3 is 0 Å². The Morgan fingerprint density at radius 1 is 1.23 bits per heavy atom. The van der Waals surface area contributed by atoms with Crippen LogP contribution in [0.5, 0.6) is 5.75 Å². The second-order valence-electron chi connectivity index (χ2n) is 3.27. The van der Waals surface area contributed by atoms with E-state index in [9.17, 15) is 0 Å². The van der Waals surface area contributed by atoms with Crippen LogP contribution in [0.4, 0.5) is 0 Å². The van der Waals surface area contributed by atoms with E-state index in [4.69, 9.17) is 4.74 Å². The highest BCUT2D eigenvalue weighted by Gasteiger charge is 2.08. The Bertz CT molecular complexity index is 318. The second-order valence-corrected chi connectivity index (χ2v) is 3.83. The molecule has 13 heavy (non-hydrogen) atoms. The van der Waals surface area contributed by atoms with Crippen molar-refractivity contribution >= 4 is 15.9 Å². The maximum atomic E-state index is 5.34. The van der Waals surface area contributed by atoms with Crippen LogP contribution in [0.15, 0.2) is 6.07 Å². The van der Waals surface area contributed by atoms with Crippen molar-refractivity contribution in [1.29, 1.82) is 0 Å². The van der Waals surface area contributed by atoms with E-state index in [-0.39, 0.29) is 0 Å². The quantitative estimate of drug-likeness (QED) is 0.722. The van der Waals surface area contributed by atoms with E-state index in [0.717, 1.165) is 11.1 Å². The number of hydrogen-bond acceptors (Lipinski definition) is 1. The van der Waals surface area contributed by atoms with Gasteiger partial charge in [0, 0.05) is 5.33 Å². The molecule has 0 aliphatic rings. The smallest absolute Gasteiger partial charge is 0.124 e. The highest BCUT2D eigenvalue weighted by molar-refractivity contribution is 9.08. The first-order chi connectivity index (χ1) is 6.11. The summed E-state index contributed by atoms with van der Waals surface area (Å²) in [5.74, 6) is 1.02. The van der Waals surface area contributed by atoms with Gasteiger partial charge in [-0.3, -0.25) is 0 Å². The number of benzene rings is 1. The van der Waals surface area contributed by atoms with Gasteiger partial charge in [0.25, 0.3) is 0 Å². The minimum atomic E-state index is 0.907. The van der Waals surface area contributed by atoms with Crippen molar-refractivity contribution in [1.82, 2.24) is 0 Å². The maximum Gasteiger partial charge on any atom is 0.124 e. The van der Waals surface area contributed by atoms with Crippen LogP contribution in [0.1, 0.15) is 22.3 Å². The van der Waals surface area contributed by atoms with E-state index in [0.29, 0.717) is 0 Å². The number of aryl methyl sites for hydroxylation is 1. The fraction of sp³-hybridized carbons (Fsp3) is 0.455. The third-order valence-corrected chi connectivity index (χ3v) is 3.09. The zero-order valence-corrected chi connectivity index (χ0v) is 10.2. The Hall–Kier alpha value is -0.500. The molecule has 0 N–H and O–H groups in total. The number of halogens is 1. The van der Waals surface area contributed by atoms with E-state index in [2.05, 4.69) is 42.8 Å². The lowest BCUT2D eigenvalue weighted by Gasteiger charge is -2.14. The minimum Gasteiger partial charge on any atom is -0.496 e. The summed E-state index contributed by atoms with van der Waals surface area (Å²) in [5.41, 5.74) is 5.12. The Balaban J connectivity index is 3.37. The van der Waals surface area contributed by atoms with E-state index < -0.39 is 0 Å². The molecule has 1 aromatic carbocycles. The molecule has 1 nitrogen and oxygen atoms in total. The van der Waals surface area contributed by atoms with E-state index in [1.54, 1.807) is 7.11 Å². The topological polar surface area (TPSA) is 9.23 Å². The first kappa shape index (κ1) is 10.6. The summed E-state index contributed by atoms with van der Waals surface area (Å²) in [6, 6.07) is 2.18. The van der Waals surface area contributed by atoms with Crippen molar-refractivity contribution in [3.63, 3.8) is 0 Å². The molecule has 0 aliphatic heterocycles. The molecule has 1 rings (SSSR count). The predicted octanol–water partition coefficient (Wildman–Crippen LogP) is 3.52. The van der Waals surface area contributed by atoms with Crippen molar-refractivity contribution in [2.75, 3.05) is 7.11 Å². The molecular weight excluding hydrogens is 228 g/mol. The molecule has 0 atom stereocenters. The fourth-order valence-corrected chi connectivity index (χ4v) is 2.18. The number of alkyl halides is 1. The van der Waals surface area contributed by atoms with Gasteiger partial charge in [-0.25, -0.2) is 0 Å². The minimum absolute atomic E-state index is 0.907. The summed E-state index contributed by atoms with van der Waals surface area (Å²) in [7, 11) is 1.72. The molecule has 0 saturated carbocycles. The Kier molecular flexibility index (Phi) is 3.37. The molecule has 0 radical (unpaired) electrons. The monoisotopic (exact) mass is 242 g/mol. The first-order valence-corrected chi connectivity index (χ1v) is 5.43. The lowest BCUT2D eigenvalue weighted by atomic mass is 10.00. The summed E-state index contributed by atoms with van der Waals surface area (Å²) in [4.78, 5) is 0. The van der Waals surface area contributed by atoms with Gasteiger partial charge in [0.1, 0.15) is 5.75 Å². The Labute approximate surface area is 88.2 Å². The van der Waals surface area contributed by atoms with Crippen LogP contribution in [0.2, 0.25) is 0 Å². The molecule has 0 aromatic heterocycles. The normalized spacial score (nSPS) is 10.2. The van der Waals surface area contributed by atoms with Gasteiger partial charge < -0.3 is 4.74 Å². The molecule has 0 unspecified atom stereocenters. The molecule has 72 valence electrons. The van der Waals surface area contributed by atoms with Gasteiger partial charge in [-0.05, 0) is 43.0 Å². The molecule has 0 spiro atoms. The molecule has 0 heterocycles. The van der Waals surface area contributed by atoms with Crippen molar-refractivity contribution in [2.45, 2.75) is 26.1 Å². The average Bonchev–Trinajstić information content (AvgIpc) is 2.12. The molecular formula is C11H15BrO. The van der Waals surface area contributed by atoms with E-state index in [1.165, 1.54) is 22.3 Å². The van der Waals surface area contributed by atoms with Gasteiger partial charge in [-0.2, -0.15) is 0 Å². The highest BCUT2D eigenvalue weighted by atomic mass is 79.9. The van der Waals surface area contributed by atoms with Gasteiger partial charge in [-0.1, -0.05) is 22.0 Å². The Morgan fingerprint density at radius 3 is 2.31 bits per heavy atom. The van der Waals surface area contributed by atoms with Gasteiger partial charge in [-0.15, -0.1) is 0 Å². The average molecular weight is 243 g/mol. The van der Waals surface area contributed by atoms with Crippen LogP contribution in [-0.2, 0) is 5.33 Å². The van der Waals surface area contributed by atoms with Crippen LogP contribution >= 0.6 is 15.9 Å². The van der Waals surface area contributed by atoms with E-state index in [1.807, 2.05) is 0 Å². The van der Waals surface area contributed by atoms with Crippen LogP contribution in [0.25, 0.3) is 0 Å². The molecule has 0 saturated heterocycles. The summed E-state index contributed by atoms with van der Waals surface area (Å²) in [6.45, 7) is 6.32. The third kappa shape index (κ3) is 1.88. The number of methoxy groups -OCH3 is 1. The summed E-state index contributed by atoms with van der Waals surface area (Å²) >= 11 is 3.48. The van der Waals surface area contributed by atoms with Crippen molar-refractivity contribution in [3.8, 4) is 5.75 Å². The highest BCUT2D eigenvalue weighted by Crippen LogP contribution is 2.29. The molecule has 1 aromatic rings. The largest absolute Gasteiger partial charge is 0.496 e. The number of hydrogen-bond donors (Lipinski definition) is 0. The SMILES string of the molecule is COc1c(C)cc(CBr)c(C)c1C. The lowest BCUT2D eigenvalue weighted by molar-refractivity contribution is 0.408. The number of rotatable bonds is 2. The van der Waals surface area contributed by atoms with Crippen LogP contribution in [-0.4, -0.2) is 7.11 Å². The van der Waals surface area contributed by atoms with Gasteiger partial charge in [0.15, 0.2) is 0 Å². The summed E-state index contributed by atoms with van der Waals surface area (Å²) in [5, 5.41) is 0.907. The third-order valence-electron chi connectivity index (χ3n) is 2.48. The maximum absolute atomic E-state index is 5.34. The summed E-state index contributed by atoms with van der Waals surface area (Å²) in [6.07, 6.45) is 0. The molecule has 0 aliphatic carbocycles. The Morgan fingerprint density at radius 2 is 1.85 bits per heavy atom. The first-order valence-electron chi connectivity index (χ1n) is 4.31. The van der Waals surface area contributed by atoms with Crippen molar-refractivity contribution in [3.05, 3.63) is 28.3 Å². The van der Waals surface area contributed by atoms with Crippen molar-refractivity contribution < 1.29 is 4.74 Å². The molecule has 0 fully saturated rings. The zero-order valence-electron chi connectivity index (χ0n) is 8.57. The number of ether oxygens (including phenoxy) is 1. The predicted molar refractivity (Wildman–Crippen MR) is 59.8 cm³/mol. The van der Waals surface area contributed by atoms with Crippen LogP contribution in [0.3, 0.4) is 0 Å². The fourth-order valence-electron chi connectivity index (χ4n) is 1.59. The van der Waals surface area contributed by atoms with Crippen molar-refractivity contribution in [2.24, 2.45) is 0 Å². The molecule has 0 amide bonds. The lowest BCUT2D eigenvalue weighted by Crippen LogP contribution is -1.97. The van der Waals surface area contributed by atoms with Crippen LogP contribution < -0.4 is 4.74 Å². The molecule has 0 bridgehead atoms. The summed E-state index contributed by atoms with van der Waals surface area (Å²) < 4.78 is 5.34. The van der Waals surface area contributed by atoms with Gasteiger partial charge in [0.05, 0.1) is 7.11 Å². The zero-order chi connectivity index (χ0) is 10.0. The van der Waals surface area contributed by atoms with Crippen LogP contribution in [0, 0.1) is 20.8 Å². The molecule has 2 heteroatoms. The van der Waals surface area contributed by atoms with E-state index >= 15 is 0 Å². The standard InChI is InChI=1S/C11H15BrO/c1-7-5-10(6-12)8(2)9(3)11(7)13-4/h5H,6H2,1-4H3. The second kappa shape index (κ2) is 4.14.